The van der Waals surface area contributed by atoms with E-state index in [9.17, 15) is 4.79 Å². The van der Waals surface area contributed by atoms with Crippen LogP contribution in [0, 0.1) is 23.7 Å². The molecule has 4 saturated heterocycles. The van der Waals surface area contributed by atoms with Gasteiger partial charge in [-0.3, -0.25) is 4.79 Å². The lowest BCUT2D eigenvalue weighted by Gasteiger charge is -2.60. The molecular formula is C26H36O7. The highest BCUT2D eigenvalue weighted by atomic mass is 17.3. The van der Waals surface area contributed by atoms with Crippen molar-refractivity contribution in [1.82, 2.24) is 0 Å². The number of carbonyl (C=O) groups is 1. The van der Waals surface area contributed by atoms with Crippen LogP contribution in [0.5, 0.6) is 5.75 Å². The van der Waals surface area contributed by atoms with Gasteiger partial charge in [0.1, 0.15) is 12.4 Å². The molecule has 1 aromatic rings. The maximum absolute atomic E-state index is 11.8. The topological polar surface area (TPSA) is 72.5 Å². The standard InChI is InChI=1S/C26H36O7/c1-5-22(27)18-7-9-19(10-8-18)28-14-15-29-23-17(3)21-11-6-16(2)20-12-13-25(4)31-24(30-23)26(20,21)33-32-25/h7-10,16-17,20-21,23-24H,5-6,11-15H2,1-4H3/t16-,17-,20?,21+,23+,24-,25-,26-/m1/s1. The molecule has 4 heterocycles. The maximum atomic E-state index is 11.8. The molecule has 1 spiro atoms. The third-order valence-corrected chi connectivity index (χ3v) is 8.23. The first kappa shape index (κ1) is 23.2. The van der Waals surface area contributed by atoms with Crippen LogP contribution in [-0.2, 0) is 24.0 Å². The summed E-state index contributed by atoms with van der Waals surface area (Å²) in [6.45, 7) is 9.07. The summed E-state index contributed by atoms with van der Waals surface area (Å²) >= 11 is 0. The minimum Gasteiger partial charge on any atom is -0.491 e. The molecule has 6 rings (SSSR count). The van der Waals surface area contributed by atoms with E-state index in [0.717, 1.165) is 25.0 Å². The largest absolute Gasteiger partial charge is 0.491 e. The molecule has 2 bridgehead atoms. The van der Waals surface area contributed by atoms with E-state index in [-0.39, 0.29) is 23.9 Å². The third kappa shape index (κ3) is 4.02. The van der Waals surface area contributed by atoms with Gasteiger partial charge in [0, 0.05) is 30.2 Å². The van der Waals surface area contributed by atoms with Crippen molar-refractivity contribution in [2.24, 2.45) is 23.7 Å². The number of rotatable bonds is 7. The molecule has 7 heteroatoms. The van der Waals surface area contributed by atoms with Gasteiger partial charge >= 0.3 is 0 Å². The van der Waals surface area contributed by atoms with Gasteiger partial charge in [0.25, 0.3) is 0 Å². The number of ketones is 1. The van der Waals surface area contributed by atoms with Crippen LogP contribution in [0.25, 0.3) is 0 Å². The van der Waals surface area contributed by atoms with E-state index in [2.05, 4.69) is 13.8 Å². The van der Waals surface area contributed by atoms with Crippen molar-refractivity contribution in [3.05, 3.63) is 29.8 Å². The Kier molecular flexibility index (Phi) is 6.29. The molecule has 5 aliphatic rings. The van der Waals surface area contributed by atoms with Gasteiger partial charge in [-0.25, -0.2) is 9.78 Å². The van der Waals surface area contributed by atoms with Gasteiger partial charge in [-0.15, -0.1) is 0 Å². The van der Waals surface area contributed by atoms with Crippen LogP contribution in [-0.4, -0.2) is 43.0 Å². The fraction of sp³-hybridized carbons (Fsp3) is 0.731. The minimum atomic E-state index is -0.781. The Labute approximate surface area is 195 Å². The Bertz CT molecular complexity index is 857. The van der Waals surface area contributed by atoms with E-state index in [1.165, 1.54) is 6.42 Å². The van der Waals surface area contributed by atoms with Gasteiger partial charge in [-0.2, -0.15) is 0 Å². The highest BCUT2D eigenvalue weighted by Gasteiger charge is 2.69. The van der Waals surface area contributed by atoms with Gasteiger partial charge in [0.15, 0.2) is 24.0 Å². The van der Waals surface area contributed by atoms with Gasteiger partial charge in [0.2, 0.25) is 5.79 Å². The van der Waals surface area contributed by atoms with E-state index in [1.807, 2.05) is 26.0 Å². The molecule has 8 atom stereocenters. The normalized spacial score (nSPS) is 41.8. The second-order valence-corrected chi connectivity index (χ2v) is 10.3. The average Bonchev–Trinajstić information content (AvgIpc) is 3.05. The van der Waals surface area contributed by atoms with Crippen molar-refractivity contribution in [3.63, 3.8) is 0 Å². The zero-order valence-electron chi connectivity index (χ0n) is 20.1. The molecule has 1 saturated carbocycles. The van der Waals surface area contributed by atoms with Crippen molar-refractivity contribution in [2.45, 2.75) is 83.8 Å². The summed E-state index contributed by atoms with van der Waals surface area (Å²) in [4.78, 5) is 23.8. The lowest BCUT2D eigenvalue weighted by molar-refractivity contribution is -0.577. The van der Waals surface area contributed by atoms with Gasteiger partial charge in [-0.1, -0.05) is 20.8 Å². The number of hydrogen-bond acceptors (Lipinski definition) is 7. The number of hydrogen-bond donors (Lipinski definition) is 0. The SMILES string of the molecule is CCC(=O)c1ccc(OCCO[C@H]2O[C@@H]3O[C@@]4(C)CCC5[C@H](C)CC[C@@H]([C@H]2C)[C@]53OO4)cc1. The van der Waals surface area contributed by atoms with Crippen LogP contribution in [0.4, 0.5) is 0 Å². The molecule has 1 aliphatic carbocycles. The molecule has 0 aromatic heterocycles. The highest BCUT2D eigenvalue weighted by Crippen LogP contribution is 2.60. The summed E-state index contributed by atoms with van der Waals surface area (Å²) < 4.78 is 24.8. The smallest absolute Gasteiger partial charge is 0.201 e. The molecule has 0 amide bonds. The Morgan fingerprint density at radius 2 is 1.85 bits per heavy atom. The Morgan fingerprint density at radius 3 is 2.61 bits per heavy atom. The van der Waals surface area contributed by atoms with Crippen molar-refractivity contribution >= 4 is 5.78 Å². The maximum Gasteiger partial charge on any atom is 0.201 e. The van der Waals surface area contributed by atoms with E-state index in [4.69, 9.17) is 28.7 Å². The van der Waals surface area contributed by atoms with Crippen LogP contribution in [0.2, 0.25) is 0 Å². The van der Waals surface area contributed by atoms with E-state index >= 15 is 0 Å². The van der Waals surface area contributed by atoms with Gasteiger partial charge in [0.05, 0.1) is 6.61 Å². The monoisotopic (exact) mass is 460 g/mol. The van der Waals surface area contributed by atoms with Crippen molar-refractivity contribution in [2.75, 3.05) is 13.2 Å². The van der Waals surface area contributed by atoms with Gasteiger partial charge < -0.3 is 18.9 Å². The summed E-state index contributed by atoms with van der Waals surface area (Å²) in [5.74, 6) is 1.34. The van der Waals surface area contributed by atoms with Crippen molar-refractivity contribution in [3.8, 4) is 5.75 Å². The molecule has 0 radical (unpaired) electrons. The first-order valence-electron chi connectivity index (χ1n) is 12.4. The number of carbonyl (C=O) groups excluding carboxylic acids is 1. The zero-order chi connectivity index (χ0) is 23.2. The van der Waals surface area contributed by atoms with E-state index in [0.29, 0.717) is 37.0 Å². The predicted molar refractivity (Wildman–Crippen MR) is 119 cm³/mol. The van der Waals surface area contributed by atoms with Crippen molar-refractivity contribution < 1.29 is 33.5 Å². The molecule has 1 aromatic carbocycles. The van der Waals surface area contributed by atoms with E-state index < -0.39 is 17.7 Å². The van der Waals surface area contributed by atoms with Crippen LogP contribution >= 0.6 is 0 Å². The lowest BCUT2D eigenvalue weighted by Crippen LogP contribution is -2.70. The van der Waals surface area contributed by atoms with Crippen molar-refractivity contribution in [1.29, 1.82) is 0 Å². The molecule has 182 valence electrons. The summed E-state index contributed by atoms with van der Waals surface area (Å²) in [6.07, 6.45) is 3.63. The summed E-state index contributed by atoms with van der Waals surface area (Å²) in [7, 11) is 0. The molecule has 7 nitrogen and oxygen atoms in total. The Morgan fingerprint density at radius 1 is 1.06 bits per heavy atom. The number of fused-ring (bicyclic) bond motifs is 2. The first-order chi connectivity index (χ1) is 15.9. The Hall–Kier alpha value is -1.51. The molecule has 5 fully saturated rings. The number of ether oxygens (including phenoxy) is 4. The second kappa shape index (κ2) is 8.93. The van der Waals surface area contributed by atoms with E-state index in [1.54, 1.807) is 12.1 Å². The number of Topliss-reactive ketones (excluding diaryl/α,β-unsaturated/α-hetero) is 1. The summed E-state index contributed by atoms with van der Waals surface area (Å²) in [5, 5.41) is 0. The van der Waals surface area contributed by atoms with Crippen LogP contribution in [0.3, 0.4) is 0 Å². The minimum absolute atomic E-state index is 0.128. The quantitative estimate of drug-likeness (QED) is 0.326. The van der Waals surface area contributed by atoms with Crippen LogP contribution < -0.4 is 4.74 Å². The lowest BCUT2D eigenvalue weighted by atomic mass is 9.58. The molecular weight excluding hydrogens is 424 g/mol. The summed E-state index contributed by atoms with van der Waals surface area (Å²) in [5.41, 5.74) is 0.137. The molecule has 33 heavy (non-hydrogen) atoms. The molecule has 1 unspecified atom stereocenters. The highest BCUT2D eigenvalue weighted by molar-refractivity contribution is 5.95. The fourth-order valence-electron chi connectivity index (χ4n) is 6.33. The third-order valence-electron chi connectivity index (χ3n) is 8.23. The second-order valence-electron chi connectivity index (χ2n) is 10.3. The first-order valence-corrected chi connectivity index (χ1v) is 12.4. The van der Waals surface area contributed by atoms with Gasteiger partial charge in [-0.05, 0) is 62.3 Å². The molecule has 4 aliphatic heterocycles. The zero-order valence-corrected chi connectivity index (χ0v) is 20.1. The predicted octanol–water partition coefficient (Wildman–Crippen LogP) is 4.88. The van der Waals surface area contributed by atoms with Crippen LogP contribution in [0.15, 0.2) is 24.3 Å². The van der Waals surface area contributed by atoms with Crippen LogP contribution in [0.1, 0.15) is 70.2 Å². The fourth-order valence-corrected chi connectivity index (χ4v) is 6.33. The average molecular weight is 461 g/mol. The molecule has 0 N–H and O–H groups in total. The number of benzene rings is 1. The Balaban J connectivity index is 1.22. The summed E-state index contributed by atoms with van der Waals surface area (Å²) in [6, 6.07) is 7.25.